The minimum absolute atomic E-state index is 0.362. The third-order valence-corrected chi connectivity index (χ3v) is 4.17. The number of hydrogen-bond donors (Lipinski definition) is 1. The number of benzene rings is 1. The third kappa shape index (κ3) is 4.05. The van der Waals surface area contributed by atoms with E-state index in [0.29, 0.717) is 12.0 Å². The Balaban J connectivity index is 1.89. The van der Waals surface area contributed by atoms with E-state index in [0.717, 1.165) is 18.5 Å². The zero-order valence-electron chi connectivity index (χ0n) is 12.5. The highest BCUT2D eigenvalue weighted by Crippen LogP contribution is 2.25. The summed E-state index contributed by atoms with van der Waals surface area (Å²) < 4.78 is 0. The van der Waals surface area contributed by atoms with Gasteiger partial charge in [-0.15, -0.1) is 0 Å². The van der Waals surface area contributed by atoms with E-state index in [1.807, 2.05) is 0 Å². The number of aliphatic hydroxyl groups is 1. The van der Waals surface area contributed by atoms with Gasteiger partial charge in [-0.05, 0) is 43.4 Å². The summed E-state index contributed by atoms with van der Waals surface area (Å²) in [7, 11) is 2.13. The van der Waals surface area contributed by atoms with Crippen molar-refractivity contribution in [2.75, 3.05) is 13.6 Å². The molecule has 0 radical (unpaired) electrons. The van der Waals surface area contributed by atoms with Crippen molar-refractivity contribution in [1.29, 1.82) is 0 Å². The van der Waals surface area contributed by atoms with Gasteiger partial charge in [0, 0.05) is 12.6 Å². The molecular weight excluding hydrogens is 234 g/mol. The van der Waals surface area contributed by atoms with Crippen molar-refractivity contribution >= 4 is 0 Å². The molecule has 0 aromatic heterocycles. The second kappa shape index (κ2) is 6.53. The van der Waals surface area contributed by atoms with Crippen molar-refractivity contribution in [2.24, 2.45) is 5.92 Å². The summed E-state index contributed by atoms with van der Waals surface area (Å²) in [6, 6.07) is 9.16. The Morgan fingerprint density at radius 2 is 1.84 bits per heavy atom. The first kappa shape index (κ1) is 14.5. The van der Waals surface area contributed by atoms with Crippen LogP contribution < -0.4 is 0 Å². The Bertz CT molecular complexity index is 381. The lowest BCUT2D eigenvalue weighted by molar-refractivity contribution is 0.0776. The fourth-order valence-electron chi connectivity index (χ4n) is 2.70. The van der Waals surface area contributed by atoms with Gasteiger partial charge in [-0.25, -0.2) is 0 Å². The van der Waals surface area contributed by atoms with Gasteiger partial charge >= 0.3 is 0 Å². The maximum atomic E-state index is 10.3. The quantitative estimate of drug-likeness (QED) is 0.848. The molecule has 2 heteroatoms. The predicted octanol–water partition coefficient (Wildman–Crippen LogP) is 3.40. The minimum atomic E-state index is -0.362. The van der Waals surface area contributed by atoms with Gasteiger partial charge in [0.2, 0.25) is 0 Å². The van der Waals surface area contributed by atoms with E-state index < -0.39 is 0 Å². The van der Waals surface area contributed by atoms with Gasteiger partial charge in [0.1, 0.15) is 0 Å². The molecule has 2 rings (SSSR count). The summed E-state index contributed by atoms with van der Waals surface area (Å²) in [5.74, 6) is 0.681. The molecule has 1 atom stereocenters. The van der Waals surface area contributed by atoms with Crippen molar-refractivity contribution in [3.8, 4) is 0 Å². The summed E-state index contributed by atoms with van der Waals surface area (Å²) in [5, 5.41) is 10.3. The van der Waals surface area contributed by atoms with E-state index >= 15 is 0 Å². The highest BCUT2D eigenvalue weighted by atomic mass is 16.3. The van der Waals surface area contributed by atoms with E-state index in [9.17, 15) is 5.11 Å². The fraction of sp³-hybridized carbons (Fsp3) is 0.647. The molecule has 1 saturated carbocycles. The van der Waals surface area contributed by atoms with E-state index in [1.54, 1.807) is 0 Å². The Hall–Kier alpha value is -0.860. The van der Waals surface area contributed by atoms with Gasteiger partial charge in [-0.1, -0.05) is 44.5 Å². The van der Waals surface area contributed by atoms with Gasteiger partial charge in [0.25, 0.3) is 0 Å². The maximum Gasteiger partial charge on any atom is 0.0916 e. The van der Waals surface area contributed by atoms with Crippen LogP contribution in [0.15, 0.2) is 24.3 Å². The van der Waals surface area contributed by atoms with Crippen molar-refractivity contribution in [3.05, 3.63) is 35.4 Å². The molecule has 1 aliphatic carbocycles. The number of aliphatic hydroxyl groups excluding tert-OH is 1. The summed E-state index contributed by atoms with van der Waals surface area (Å²) in [6.45, 7) is 5.21. The van der Waals surface area contributed by atoms with Gasteiger partial charge in [-0.2, -0.15) is 0 Å². The average molecular weight is 261 g/mol. The molecule has 106 valence electrons. The Morgan fingerprint density at radius 1 is 1.21 bits per heavy atom. The topological polar surface area (TPSA) is 23.5 Å². The van der Waals surface area contributed by atoms with Crippen LogP contribution in [0.2, 0.25) is 0 Å². The number of hydrogen-bond acceptors (Lipinski definition) is 2. The van der Waals surface area contributed by atoms with Crippen molar-refractivity contribution in [2.45, 2.75) is 51.7 Å². The Morgan fingerprint density at radius 3 is 2.32 bits per heavy atom. The van der Waals surface area contributed by atoms with Gasteiger partial charge < -0.3 is 10.0 Å². The van der Waals surface area contributed by atoms with Crippen LogP contribution in [0.3, 0.4) is 0 Å². The molecule has 19 heavy (non-hydrogen) atoms. The van der Waals surface area contributed by atoms with Gasteiger partial charge in [-0.3, -0.25) is 0 Å². The van der Waals surface area contributed by atoms with Gasteiger partial charge in [0.15, 0.2) is 0 Å². The largest absolute Gasteiger partial charge is 0.387 e. The SMILES string of the molecule is CC(C)Cc1ccc(C(O)CN(C)C2CCC2)cc1. The lowest BCUT2D eigenvalue weighted by Gasteiger charge is -2.35. The normalized spacial score (nSPS) is 17.8. The van der Waals surface area contributed by atoms with Crippen LogP contribution in [0.25, 0.3) is 0 Å². The van der Waals surface area contributed by atoms with E-state index in [-0.39, 0.29) is 6.10 Å². The zero-order chi connectivity index (χ0) is 13.8. The van der Waals surface area contributed by atoms with Crippen LogP contribution in [0.4, 0.5) is 0 Å². The summed E-state index contributed by atoms with van der Waals surface area (Å²) in [6.07, 6.45) is 4.67. The fourth-order valence-corrected chi connectivity index (χ4v) is 2.70. The molecule has 0 heterocycles. The first-order valence-electron chi connectivity index (χ1n) is 7.53. The van der Waals surface area contributed by atoms with Crippen LogP contribution in [0.1, 0.15) is 50.3 Å². The monoisotopic (exact) mass is 261 g/mol. The molecule has 0 spiro atoms. The molecule has 0 bridgehead atoms. The number of nitrogens with zero attached hydrogens (tertiary/aromatic N) is 1. The van der Waals surface area contributed by atoms with Crippen LogP contribution in [-0.4, -0.2) is 29.6 Å². The van der Waals surface area contributed by atoms with Crippen molar-refractivity contribution in [1.82, 2.24) is 4.90 Å². The van der Waals surface area contributed by atoms with Crippen molar-refractivity contribution < 1.29 is 5.11 Å². The number of likely N-dealkylation sites (N-methyl/N-ethyl adjacent to an activating group) is 1. The second-order valence-corrected chi connectivity index (χ2v) is 6.38. The number of rotatable bonds is 6. The summed E-state index contributed by atoms with van der Waals surface area (Å²) in [5.41, 5.74) is 2.40. The van der Waals surface area contributed by atoms with Crippen LogP contribution >= 0.6 is 0 Å². The molecule has 1 aromatic rings. The molecular formula is C17H27NO. The Labute approximate surface area is 117 Å². The molecule has 0 amide bonds. The minimum Gasteiger partial charge on any atom is -0.387 e. The van der Waals surface area contributed by atoms with E-state index in [4.69, 9.17) is 0 Å². The highest BCUT2D eigenvalue weighted by molar-refractivity contribution is 5.24. The summed E-state index contributed by atoms with van der Waals surface area (Å²) >= 11 is 0. The van der Waals surface area contributed by atoms with E-state index in [1.165, 1.54) is 24.8 Å². The maximum absolute atomic E-state index is 10.3. The van der Waals surface area contributed by atoms with Crippen molar-refractivity contribution in [3.63, 3.8) is 0 Å². The Kier molecular flexibility index (Phi) is 5.00. The molecule has 1 unspecified atom stereocenters. The molecule has 0 saturated heterocycles. The highest BCUT2D eigenvalue weighted by Gasteiger charge is 2.23. The van der Waals surface area contributed by atoms with Crippen LogP contribution in [-0.2, 0) is 6.42 Å². The summed E-state index contributed by atoms with van der Waals surface area (Å²) in [4.78, 5) is 2.30. The lowest BCUT2D eigenvalue weighted by Crippen LogP contribution is -2.39. The first-order valence-corrected chi connectivity index (χ1v) is 7.53. The second-order valence-electron chi connectivity index (χ2n) is 6.38. The molecule has 1 fully saturated rings. The third-order valence-electron chi connectivity index (χ3n) is 4.17. The zero-order valence-corrected chi connectivity index (χ0v) is 12.5. The van der Waals surface area contributed by atoms with Crippen LogP contribution in [0.5, 0.6) is 0 Å². The van der Waals surface area contributed by atoms with Gasteiger partial charge in [0.05, 0.1) is 6.10 Å². The molecule has 1 aromatic carbocycles. The lowest BCUT2D eigenvalue weighted by atomic mass is 9.91. The smallest absolute Gasteiger partial charge is 0.0916 e. The first-order chi connectivity index (χ1) is 9.06. The molecule has 0 aliphatic heterocycles. The predicted molar refractivity (Wildman–Crippen MR) is 80.2 cm³/mol. The van der Waals surface area contributed by atoms with E-state index in [2.05, 4.69) is 50.1 Å². The molecule has 1 N–H and O–H groups in total. The molecule has 2 nitrogen and oxygen atoms in total. The van der Waals surface area contributed by atoms with Crippen LogP contribution in [0, 0.1) is 5.92 Å². The standard InChI is InChI=1S/C17H27NO/c1-13(2)11-14-7-9-15(10-8-14)17(19)12-18(3)16-5-4-6-16/h7-10,13,16-17,19H,4-6,11-12H2,1-3H3. The average Bonchev–Trinajstić information content (AvgIpc) is 2.26. The molecule has 1 aliphatic rings.